The quantitative estimate of drug-likeness (QED) is 0.848. The zero-order valence-corrected chi connectivity index (χ0v) is 12.2. The Hall–Kier alpha value is -2.12. The molecule has 1 amide bonds. The van der Waals surface area contributed by atoms with E-state index in [1.54, 1.807) is 18.2 Å². The SMILES string of the molecule is Nc1ccc(Cl)c(CN2C(=O)c3cccnc3S2(=O)=O)c1. The van der Waals surface area contributed by atoms with Crippen LogP contribution in [0.15, 0.2) is 41.6 Å². The van der Waals surface area contributed by atoms with Crippen LogP contribution in [0.4, 0.5) is 5.69 Å². The molecule has 0 radical (unpaired) electrons. The summed E-state index contributed by atoms with van der Waals surface area (Å²) >= 11 is 6.02. The molecule has 0 atom stereocenters. The Bertz CT molecular complexity index is 851. The van der Waals surface area contributed by atoms with Crippen LogP contribution in [0.3, 0.4) is 0 Å². The van der Waals surface area contributed by atoms with Crippen molar-refractivity contribution in [2.75, 3.05) is 5.73 Å². The van der Waals surface area contributed by atoms with E-state index >= 15 is 0 Å². The Morgan fingerprint density at radius 3 is 2.76 bits per heavy atom. The molecule has 0 spiro atoms. The van der Waals surface area contributed by atoms with Gasteiger partial charge in [0.1, 0.15) is 0 Å². The molecule has 6 nitrogen and oxygen atoms in total. The standard InChI is InChI=1S/C13H10ClN3O3S/c14-11-4-3-9(15)6-8(11)7-17-13(18)10-2-1-5-16-12(10)21(17,19)20/h1-6H,7,15H2. The second kappa shape index (κ2) is 4.71. The van der Waals surface area contributed by atoms with Crippen LogP contribution < -0.4 is 5.73 Å². The summed E-state index contributed by atoms with van der Waals surface area (Å²) in [7, 11) is -3.95. The zero-order chi connectivity index (χ0) is 15.2. The van der Waals surface area contributed by atoms with Crippen molar-refractivity contribution in [3.05, 3.63) is 52.7 Å². The lowest BCUT2D eigenvalue weighted by atomic mass is 10.2. The molecule has 0 saturated heterocycles. The van der Waals surface area contributed by atoms with Crippen molar-refractivity contribution in [3.8, 4) is 0 Å². The summed E-state index contributed by atoms with van der Waals surface area (Å²) < 4.78 is 25.5. The van der Waals surface area contributed by atoms with Crippen LogP contribution in [-0.4, -0.2) is 23.6 Å². The number of fused-ring (bicyclic) bond motifs is 1. The van der Waals surface area contributed by atoms with Gasteiger partial charge in [-0.15, -0.1) is 0 Å². The molecule has 1 aliphatic heterocycles. The zero-order valence-electron chi connectivity index (χ0n) is 10.7. The smallest absolute Gasteiger partial charge is 0.285 e. The van der Waals surface area contributed by atoms with Crippen molar-refractivity contribution >= 4 is 33.2 Å². The number of sulfonamides is 1. The number of benzene rings is 1. The molecule has 1 aromatic carbocycles. The van der Waals surface area contributed by atoms with E-state index in [0.717, 1.165) is 4.31 Å². The number of rotatable bonds is 2. The van der Waals surface area contributed by atoms with Crippen LogP contribution >= 0.6 is 11.6 Å². The highest BCUT2D eigenvalue weighted by atomic mass is 35.5. The highest BCUT2D eigenvalue weighted by Gasteiger charge is 2.42. The Morgan fingerprint density at radius 1 is 1.29 bits per heavy atom. The van der Waals surface area contributed by atoms with Crippen molar-refractivity contribution in [1.82, 2.24) is 9.29 Å². The molecule has 108 valence electrons. The fraction of sp³-hybridized carbons (Fsp3) is 0.0769. The molecule has 2 aromatic rings. The highest BCUT2D eigenvalue weighted by molar-refractivity contribution is 7.90. The minimum Gasteiger partial charge on any atom is -0.399 e. The van der Waals surface area contributed by atoms with E-state index < -0.39 is 15.9 Å². The molecular weight excluding hydrogens is 314 g/mol. The fourth-order valence-electron chi connectivity index (χ4n) is 2.13. The van der Waals surface area contributed by atoms with E-state index in [4.69, 9.17) is 17.3 Å². The van der Waals surface area contributed by atoms with Crippen molar-refractivity contribution in [2.24, 2.45) is 0 Å². The number of pyridine rings is 1. The number of amides is 1. The summed E-state index contributed by atoms with van der Waals surface area (Å²) in [4.78, 5) is 16.0. The molecule has 2 N–H and O–H groups in total. The van der Waals surface area contributed by atoms with Gasteiger partial charge in [0.2, 0.25) is 0 Å². The first-order chi connectivity index (χ1) is 9.91. The second-order valence-electron chi connectivity index (χ2n) is 4.52. The lowest BCUT2D eigenvalue weighted by Gasteiger charge is -2.15. The molecule has 2 heterocycles. The largest absolute Gasteiger partial charge is 0.399 e. The van der Waals surface area contributed by atoms with Crippen molar-refractivity contribution < 1.29 is 13.2 Å². The predicted octanol–water partition coefficient (Wildman–Crippen LogP) is 1.66. The van der Waals surface area contributed by atoms with Gasteiger partial charge in [-0.05, 0) is 35.9 Å². The van der Waals surface area contributed by atoms with Crippen LogP contribution in [0, 0.1) is 0 Å². The van der Waals surface area contributed by atoms with E-state index in [-0.39, 0.29) is 17.1 Å². The molecule has 0 unspecified atom stereocenters. The number of hydrogen-bond acceptors (Lipinski definition) is 5. The molecule has 0 fully saturated rings. The van der Waals surface area contributed by atoms with Crippen LogP contribution in [0.2, 0.25) is 5.02 Å². The first-order valence-corrected chi connectivity index (χ1v) is 7.79. The maximum atomic E-state index is 12.4. The first kappa shape index (κ1) is 13.8. The van der Waals surface area contributed by atoms with E-state index in [1.165, 1.54) is 18.3 Å². The molecule has 3 rings (SSSR count). The first-order valence-electron chi connectivity index (χ1n) is 5.97. The predicted molar refractivity (Wildman–Crippen MR) is 77.2 cm³/mol. The van der Waals surface area contributed by atoms with Crippen molar-refractivity contribution in [3.63, 3.8) is 0 Å². The second-order valence-corrected chi connectivity index (χ2v) is 6.71. The van der Waals surface area contributed by atoms with Gasteiger partial charge < -0.3 is 5.73 Å². The lowest BCUT2D eigenvalue weighted by molar-refractivity contribution is 0.0865. The topological polar surface area (TPSA) is 93.4 Å². The van der Waals surface area contributed by atoms with E-state index in [9.17, 15) is 13.2 Å². The third kappa shape index (κ3) is 2.14. The number of carbonyl (C=O) groups is 1. The average Bonchev–Trinajstić information content (AvgIpc) is 2.64. The number of aromatic nitrogens is 1. The van der Waals surface area contributed by atoms with Gasteiger partial charge in [0, 0.05) is 16.9 Å². The molecule has 1 aliphatic rings. The van der Waals surface area contributed by atoms with Gasteiger partial charge in [-0.3, -0.25) is 4.79 Å². The van der Waals surface area contributed by atoms with E-state index in [1.807, 2.05) is 0 Å². The summed E-state index contributed by atoms with van der Waals surface area (Å²) in [6, 6.07) is 7.65. The maximum Gasteiger partial charge on any atom is 0.285 e. The summed E-state index contributed by atoms with van der Waals surface area (Å²) in [5, 5.41) is 0.117. The number of carbonyl (C=O) groups excluding carboxylic acids is 1. The highest BCUT2D eigenvalue weighted by Crippen LogP contribution is 2.31. The van der Waals surface area contributed by atoms with Gasteiger partial charge >= 0.3 is 0 Å². The number of nitrogens with zero attached hydrogens (tertiary/aromatic N) is 2. The third-order valence-electron chi connectivity index (χ3n) is 3.15. The molecule has 21 heavy (non-hydrogen) atoms. The number of nitrogen functional groups attached to an aromatic ring is 1. The Morgan fingerprint density at radius 2 is 2.05 bits per heavy atom. The number of hydrogen-bond donors (Lipinski definition) is 1. The fourth-order valence-corrected chi connectivity index (χ4v) is 3.77. The minimum absolute atomic E-state index is 0.0672. The number of halogens is 1. The monoisotopic (exact) mass is 323 g/mol. The Kier molecular flexibility index (Phi) is 3.11. The third-order valence-corrected chi connectivity index (χ3v) is 5.20. The van der Waals surface area contributed by atoms with Gasteiger partial charge in [0.25, 0.3) is 15.9 Å². The van der Waals surface area contributed by atoms with Gasteiger partial charge in [0.05, 0.1) is 12.1 Å². The Labute approximate surface area is 126 Å². The van der Waals surface area contributed by atoms with E-state index in [0.29, 0.717) is 16.3 Å². The minimum atomic E-state index is -3.95. The molecule has 8 heteroatoms. The van der Waals surface area contributed by atoms with Crippen LogP contribution in [0.5, 0.6) is 0 Å². The summed E-state index contributed by atoms with van der Waals surface area (Å²) in [6.45, 7) is -0.179. The molecular formula is C13H10ClN3O3S. The average molecular weight is 324 g/mol. The van der Waals surface area contributed by atoms with Crippen LogP contribution in [0.25, 0.3) is 0 Å². The summed E-state index contributed by atoms with van der Waals surface area (Å²) in [5.74, 6) is -0.614. The van der Waals surface area contributed by atoms with Crippen molar-refractivity contribution in [2.45, 2.75) is 11.6 Å². The lowest BCUT2D eigenvalue weighted by Crippen LogP contribution is -2.29. The van der Waals surface area contributed by atoms with Crippen LogP contribution in [-0.2, 0) is 16.6 Å². The molecule has 0 aliphatic carbocycles. The van der Waals surface area contributed by atoms with Gasteiger partial charge in [-0.2, -0.15) is 8.42 Å². The Balaban J connectivity index is 2.05. The molecule has 1 aromatic heterocycles. The maximum absolute atomic E-state index is 12.4. The molecule has 0 saturated carbocycles. The van der Waals surface area contributed by atoms with Crippen LogP contribution in [0.1, 0.15) is 15.9 Å². The van der Waals surface area contributed by atoms with Gasteiger partial charge in [-0.1, -0.05) is 11.6 Å². The normalized spacial score (nSPS) is 16.0. The number of anilines is 1. The van der Waals surface area contributed by atoms with Gasteiger partial charge in [-0.25, -0.2) is 9.29 Å². The van der Waals surface area contributed by atoms with E-state index in [2.05, 4.69) is 4.98 Å². The number of nitrogens with two attached hydrogens (primary N) is 1. The molecule has 0 bridgehead atoms. The van der Waals surface area contributed by atoms with Gasteiger partial charge in [0.15, 0.2) is 5.03 Å². The summed E-state index contributed by atoms with van der Waals surface area (Å²) in [5.41, 5.74) is 6.63. The summed E-state index contributed by atoms with van der Waals surface area (Å²) in [6.07, 6.45) is 1.33. The van der Waals surface area contributed by atoms with Crippen molar-refractivity contribution in [1.29, 1.82) is 0 Å².